The monoisotopic (exact) mass is 801 g/mol. The van der Waals surface area contributed by atoms with Gasteiger partial charge in [0.15, 0.2) is 0 Å². The summed E-state index contributed by atoms with van der Waals surface area (Å²) in [6.45, 7) is 42.6. The van der Waals surface area contributed by atoms with E-state index in [2.05, 4.69) is 197 Å². The highest BCUT2D eigenvalue weighted by molar-refractivity contribution is 6.26. The third-order valence-electron chi connectivity index (χ3n) is 14.6. The van der Waals surface area contributed by atoms with Crippen LogP contribution in [-0.2, 0) is 16.2 Å². The Labute approximate surface area is 367 Å². The summed E-state index contributed by atoms with van der Waals surface area (Å²) in [4.78, 5) is 0. The van der Waals surface area contributed by atoms with Crippen LogP contribution < -0.4 is 0 Å². The molecule has 0 nitrogen and oxygen atoms in total. The summed E-state index contributed by atoms with van der Waals surface area (Å²) >= 11 is 0. The van der Waals surface area contributed by atoms with Gasteiger partial charge in [-0.25, -0.2) is 0 Å². The average Bonchev–Trinajstić information content (AvgIpc) is 3.11. The van der Waals surface area contributed by atoms with Gasteiger partial charge in [0.1, 0.15) is 0 Å². The Kier molecular flexibility index (Phi) is 9.18. The van der Waals surface area contributed by atoms with Crippen LogP contribution >= 0.6 is 0 Å². The van der Waals surface area contributed by atoms with Crippen molar-refractivity contribution in [3.8, 4) is 22.3 Å². The fourth-order valence-electron chi connectivity index (χ4n) is 12.1. The molecule has 0 spiro atoms. The summed E-state index contributed by atoms with van der Waals surface area (Å²) in [5, 5.41) is 5.72. The second kappa shape index (κ2) is 13.5. The molecule has 0 N–H and O–H groups in total. The van der Waals surface area contributed by atoms with Crippen molar-refractivity contribution in [1.29, 1.82) is 0 Å². The zero-order chi connectivity index (χ0) is 44.2. The lowest BCUT2D eigenvalue weighted by atomic mass is 9.61. The standard InChI is InChI=1S/C61H68/c1-31-19-34(4)49(35(5)20-31)52-43-25-40(59(10,11)12)27-45-53(50-36(6)21-32(2)22-37(50)7)47-29-42(61(16,17)18)30-48-54(51-38(8)23-33(3)24-39(51)9)46-28-41(60(13,14)15)26-44(52)56(46)58(55(43)45)57(47)48/h19-30,52-53H,1-18H3. The van der Waals surface area contributed by atoms with Crippen molar-refractivity contribution in [3.05, 3.63) is 173 Å². The summed E-state index contributed by atoms with van der Waals surface area (Å²) < 4.78 is 0. The second-order valence-corrected chi connectivity index (χ2v) is 22.8. The number of rotatable bonds is 3. The molecule has 2 aliphatic carbocycles. The normalized spacial score (nSPS) is 16.0. The topological polar surface area (TPSA) is 0 Å². The highest BCUT2D eigenvalue weighted by Crippen LogP contribution is 2.62. The Bertz CT molecular complexity index is 2810. The van der Waals surface area contributed by atoms with Gasteiger partial charge in [0.25, 0.3) is 0 Å². The van der Waals surface area contributed by atoms with E-state index in [1.54, 1.807) is 0 Å². The Hall–Kier alpha value is -4.94. The van der Waals surface area contributed by atoms with Gasteiger partial charge >= 0.3 is 0 Å². The molecular weight excluding hydrogens is 733 g/mol. The summed E-state index contributed by atoms with van der Waals surface area (Å²) in [6, 6.07) is 30.4. The molecular formula is C61H68. The molecule has 0 bridgehead atoms. The van der Waals surface area contributed by atoms with Gasteiger partial charge in [-0.3, -0.25) is 0 Å². The molecule has 2 unspecified atom stereocenters. The van der Waals surface area contributed by atoms with Crippen LogP contribution in [0.25, 0.3) is 43.8 Å². The van der Waals surface area contributed by atoms with Crippen molar-refractivity contribution in [1.82, 2.24) is 0 Å². The maximum absolute atomic E-state index is 2.65. The lowest BCUT2D eigenvalue weighted by molar-refractivity contribution is 0.586. The first-order valence-electron chi connectivity index (χ1n) is 22.9. The molecule has 0 aliphatic heterocycles. The van der Waals surface area contributed by atoms with Gasteiger partial charge in [0, 0.05) is 11.8 Å². The fourth-order valence-corrected chi connectivity index (χ4v) is 12.1. The molecule has 0 saturated heterocycles. The number of hydrogen-bond acceptors (Lipinski definition) is 0. The van der Waals surface area contributed by atoms with Crippen molar-refractivity contribution in [2.24, 2.45) is 0 Å². The van der Waals surface area contributed by atoms with Crippen LogP contribution in [0.2, 0.25) is 0 Å². The lowest BCUT2D eigenvalue weighted by Gasteiger charge is -2.42. The molecule has 2 atom stereocenters. The third kappa shape index (κ3) is 6.28. The van der Waals surface area contributed by atoms with E-state index in [-0.39, 0.29) is 28.1 Å². The van der Waals surface area contributed by atoms with Crippen molar-refractivity contribution in [3.63, 3.8) is 0 Å². The van der Waals surface area contributed by atoms with Crippen molar-refractivity contribution in [2.75, 3.05) is 0 Å². The first kappa shape index (κ1) is 41.4. The fraction of sp³-hybridized carbons (Fsp3) is 0.377. The Balaban J connectivity index is 1.66. The summed E-state index contributed by atoms with van der Waals surface area (Å²) in [7, 11) is 0. The minimum atomic E-state index is -0.0594. The molecule has 0 heteroatoms. The Morgan fingerprint density at radius 3 is 0.918 bits per heavy atom. The molecule has 2 aliphatic rings. The Morgan fingerprint density at radius 2 is 0.590 bits per heavy atom. The van der Waals surface area contributed by atoms with Gasteiger partial charge in [0.2, 0.25) is 0 Å². The van der Waals surface area contributed by atoms with Crippen LogP contribution in [0.4, 0.5) is 0 Å². The SMILES string of the molecule is Cc1cc(C)c(-c2c3cc(C(C)(C)C)cc4c3c3c5c(cc(C(C)(C)C)cc25)C(c2c(C)cc(C)cc2C)c2cc(C(C)(C)C)cc(c2-3)C4c2c(C)cc(C)cc2C)c(C)c1. The van der Waals surface area contributed by atoms with E-state index >= 15 is 0 Å². The van der Waals surface area contributed by atoms with Gasteiger partial charge in [-0.15, -0.1) is 0 Å². The molecule has 0 amide bonds. The molecule has 61 heavy (non-hydrogen) atoms. The molecule has 0 saturated carbocycles. The van der Waals surface area contributed by atoms with Crippen LogP contribution in [0.5, 0.6) is 0 Å². The molecule has 7 aromatic carbocycles. The summed E-state index contributed by atoms with van der Waals surface area (Å²) in [6.07, 6.45) is 0. The predicted molar refractivity (Wildman–Crippen MR) is 266 cm³/mol. The molecule has 0 radical (unpaired) electrons. The smallest absolute Gasteiger partial charge is 0.0358 e. The van der Waals surface area contributed by atoms with Gasteiger partial charge in [-0.05, 0) is 218 Å². The minimum absolute atomic E-state index is 0.0502. The molecule has 0 fully saturated rings. The van der Waals surface area contributed by atoms with Crippen molar-refractivity contribution >= 4 is 21.5 Å². The maximum atomic E-state index is 2.65. The highest BCUT2D eigenvalue weighted by atomic mass is 14.5. The van der Waals surface area contributed by atoms with Gasteiger partial charge in [-0.2, -0.15) is 0 Å². The maximum Gasteiger partial charge on any atom is 0.0358 e. The van der Waals surface area contributed by atoms with E-state index in [0.717, 1.165) is 0 Å². The first-order valence-corrected chi connectivity index (χ1v) is 22.9. The zero-order valence-corrected chi connectivity index (χ0v) is 40.6. The molecule has 0 heterocycles. The minimum Gasteiger partial charge on any atom is -0.0561 e. The number of benzene rings is 7. The van der Waals surface area contributed by atoms with Gasteiger partial charge in [0.05, 0.1) is 0 Å². The molecule has 7 aromatic rings. The summed E-state index contributed by atoms with van der Waals surface area (Å²) in [5.74, 6) is 0.159. The Morgan fingerprint density at radius 1 is 0.295 bits per heavy atom. The van der Waals surface area contributed by atoms with E-state index in [0.29, 0.717) is 0 Å². The van der Waals surface area contributed by atoms with E-state index in [9.17, 15) is 0 Å². The largest absolute Gasteiger partial charge is 0.0561 e. The van der Waals surface area contributed by atoms with Gasteiger partial charge in [-0.1, -0.05) is 140 Å². The zero-order valence-electron chi connectivity index (χ0n) is 40.6. The summed E-state index contributed by atoms with van der Waals surface area (Å²) in [5.41, 5.74) is 30.9. The average molecular weight is 801 g/mol. The third-order valence-corrected chi connectivity index (χ3v) is 14.6. The van der Waals surface area contributed by atoms with E-state index in [1.807, 2.05) is 0 Å². The number of aryl methyl sites for hydroxylation is 9. The quantitative estimate of drug-likeness (QED) is 0.156. The van der Waals surface area contributed by atoms with E-state index in [1.165, 1.54) is 144 Å². The number of hydrogen-bond donors (Lipinski definition) is 0. The highest BCUT2D eigenvalue weighted by Gasteiger charge is 2.42. The van der Waals surface area contributed by atoms with Crippen LogP contribution in [0.1, 0.15) is 174 Å². The molecule has 0 aromatic heterocycles. The lowest BCUT2D eigenvalue weighted by Crippen LogP contribution is -2.24. The second-order valence-electron chi connectivity index (χ2n) is 22.8. The van der Waals surface area contributed by atoms with Crippen LogP contribution in [0.15, 0.2) is 72.8 Å². The van der Waals surface area contributed by atoms with E-state index < -0.39 is 0 Å². The molecule has 312 valence electrons. The van der Waals surface area contributed by atoms with Crippen LogP contribution in [-0.4, -0.2) is 0 Å². The van der Waals surface area contributed by atoms with Crippen molar-refractivity contribution < 1.29 is 0 Å². The molecule has 9 rings (SSSR count). The van der Waals surface area contributed by atoms with Crippen molar-refractivity contribution in [2.45, 2.75) is 153 Å². The first-order chi connectivity index (χ1) is 28.4. The van der Waals surface area contributed by atoms with E-state index in [4.69, 9.17) is 0 Å². The van der Waals surface area contributed by atoms with Crippen LogP contribution in [0.3, 0.4) is 0 Å². The van der Waals surface area contributed by atoms with Gasteiger partial charge < -0.3 is 0 Å². The predicted octanol–water partition coefficient (Wildman–Crippen LogP) is 17.0. The van der Waals surface area contributed by atoms with Crippen LogP contribution in [0, 0.1) is 62.3 Å².